The van der Waals surface area contributed by atoms with Crippen molar-refractivity contribution in [2.75, 3.05) is 0 Å². The van der Waals surface area contributed by atoms with Crippen LogP contribution in [-0.4, -0.2) is 21.7 Å². The van der Waals surface area contributed by atoms with Gasteiger partial charge in [-0.2, -0.15) is 0 Å². The first kappa shape index (κ1) is 17.6. The third-order valence-corrected chi connectivity index (χ3v) is 6.93. The average molecular weight is 407 g/mol. The molecule has 0 saturated carbocycles. The molecule has 2 aromatic carbocycles. The minimum Gasteiger partial charge on any atom is -0.260 e. The van der Waals surface area contributed by atoms with Crippen molar-refractivity contribution < 1.29 is 0 Å². The van der Waals surface area contributed by atoms with E-state index in [1.165, 1.54) is 27.5 Å². The van der Waals surface area contributed by atoms with Gasteiger partial charge in [0.15, 0.2) is 0 Å². The molecule has 0 atom stereocenters. The predicted octanol–water partition coefficient (Wildman–Crippen LogP) is 3.06. The van der Waals surface area contributed by atoms with Crippen LogP contribution < -0.4 is 16.4 Å². The first-order chi connectivity index (χ1) is 15.9. The zero-order chi connectivity index (χ0) is 21.1. The maximum atomic E-state index is 5.05. The maximum Gasteiger partial charge on any atom is 0.246 e. The van der Waals surface area contributed by atoms with Crippen LogP contribution in [0.2, 0.25) is 0 Å². The van der Waals surface area contributed by atoms with Gasteiger partial charge < -0.3 is 0 Å². The maximum absolute atomic E-state index is 5.05. The number of benzene rings is 2. The molecule has 7 rings (SSSR count). The Morgan fingerprint density at radius 1 is 0.500 bits per heavy atom. The van der Waals surface area contributed by atoms with Crippen LogP contribution in [0.25, 0.3) is 11.1 Å². The third kappa shape index (κ3) is 2.09. The molecule has 0 saturated heterocycles. The molecule has 0 radical (unpaired) electrons. The summed E-state index contributed by atoms with van der Waals surface area (Å²) in [5, 5.41) is 0. The smallest absolute Gasteiger partial charge is 0.246 e. The van der Waals surface area contributed by atoms with E-state index in [1.54, 1.807) is 0 Å². The Morgan fingerprint density at radius 3 is 1.78 bits per heavy atom. The summed E-state index contributed by atoms with van der Waals surface area (Å²) in [6.45, 7) is 0.0779. The van der Waals surface area contributed by atoms with Crippen molar-refractivity contribution in [2.45, 2.75) is 5.41 Å². The monoisotopic (exact) mass is 407 g/mol. The molecule has 2 aliphatic rings. The Kier molecular flexibility index (Phi) is 3.56. The molecule has 5 aromatic rings. The van der Waals surface area contributed by atoms with Gasteiger partial charge in [0.2, 0.25) is 6.71 Å². The topological polar surface area (TPSA) is 38.7 Å². The second kappa shape index (κ2) is 6.48. The molecular weight excluding hydrogens is 389 g/mol. The summed E-state index contributed by atoms with van der Waals surface area (Å²) >= 11 is 0. The largest absolute Gasteiger partial charge is 0.260 e. The van der Waals surface area contributed by atoms with E-state index in [9.17, 15) is 0 Å². The molecule has 1 spiro atoms. The average Bonchev–Trinajstić information content (AvgIpc) is 3.16. The van der Waals surface area contributed by atoms with Gasteiger partial charge in [0, 0.05) is 24.2 Å². The molecule has 3 aromatic heterocycles. The molecule has 0 unspecified atom stereocenters. The van der Waals surface area contributed by atoms with Gasteiger partial charge >= 0.3 is 0 Å². The molecule has 1 aliphatic carbocycles. The highest BCUT2D eigenvalue weighted by Gasteiger charge is 2.55. The van der Waals surface area contributed by atoms with Crippen molar-refractivity contribution in [1.82, 2.24) is 15.0 Å². The van der Waals surface area contributed by atoms with E-state index in [0.717, 1.165) is 22.6 Å². The van der Waals surface area contributed by atoms with Crippen LogP contribution in [0.1, 0.15) is 22.6 Å². The Bertz CT molecular complexity index is 1400. The number of rotatable bonds is 1. The van der Waals surface area contributed by atoms with Gasteiger partial charge in [-0.15, -0.1) is 0 Å². The van der Waals surface area contributed by atoms with Gasteiger partial charge in [-0.05, 0) is 40.3 Å². The summed E-state index contributed by atoms with van der Waals surface area (Å²) < 4.78 is 0. The quantitative estimate of drug-likeness (QED) is 0.393. The van der Waals surface area contributed by atoms with Crippen LogP contribution >= 0.6 is 0 Å². The van der Waals surface area contributed by atoms with Gasteiger partial charge in [-0.25, -0.2) is 0 Å². The van der Waals surface area contributed by atoms with E-state index >= 15 is 0 Å². The van der Waals surface area contributed by atoms with E-state index < -0.39 is 5.41 Å². The van der Waals surface area contributed by atoms with Crippen LogP contribution in [0.15, 0.2) is 110 Å². The lowest BCUT2D eigenvalue weighted by Gasteiger charge is -2.39. The summed E-state index contributed by atoms with van der Waals surface area (Å²) in [6, 6.07) is 32.0. The van der Waals surface area contributed by atoms with Crippen LogP contribution in [0.5, 0.6) is 0 Å². The lowest BCUT2D eigenvalue weighted by atomic mass is 9.32. The molecule has 1 aliphatic heterocycles. The first-order valence-corrected chi connectivity index (χ1v) is 10.9. The fourth-order valence-corrected chi connectivity index (χ4v) is 5.79. The van der Waals surface area contributed by atoms with E-state index in [-0.39, 0.29) is 6.71 Å². The summed E-state index contributed by atoms with van der Waals surface area (Å²) in [4.78, 5) is 15.1. The third-order valence-electron chi connectivity index (χ3n) is 6.93. The van der Waals surface area contributed by atoms with Crippen molar-refractivity contribution in [3.63, 3.8) is 0 Å². The summed E-state index contributed by atoms with van der Waals surface area (Å²) in [5.41, 5.74) is 9.73. The van der Waals surface area contributed by atoms with Crippen molar-refractivity contribution in [1.29, 1.82) is 0 Å². The molecule has 4 heteroatoms. The SMILES string of the molecule is c1ccc(B2c3cccnc3C3(c4ccccc4-c4cccnc43)c3ncccc32)cc1. The lowest BCUT2D eigenvalue weighted by Crippen LogP contribution is -2.62. The number of nitrogens with zero attached hydrogens (tertiary/aromatic N) is 3. The van der Waals surface area contributed by atoms with Crippen molar-refractivity contribution in [2.24, 2.45) is 0 Å². The van der Waals surface area contributed by atoms with Crippen LogP contribution in [0.3, 0.4) is 0 Å². The molecule has 148 valence electrons. The number of aromatic nitrogens is 3. The molecule has 0 fully saturated rings. The fraction of sp³-hybridized carbons (Fsp3) is 0.0357. The van der Waals surface area contributed by atoms with E-state index in [1.807, 2.05) is 36.8 Å². The van der Waals surface area contributed by atoms with E-state index in [0.29, 0.717) is 0 Å². The van der Waals surface area contributed by atoms with Crippen LogP contribution in [0.4, 0.5) is 0 Å². The molecular formula is C28H18BN3. The molecule has 0 amide bonds. The molecule has 0 bridgehead atoms. The summed E-state index contributed by atoms with van der Waals surface area (Å²) in [7, 11) is 0. The number of hydrogen-bond acceptors (Lipinski definition) is 3. The van der Waals surface area contributed by atoms with Crippen molar-refractivity contribution in [3.05, 3.63) is 132 Å². The second-order valence-corrected chi connectivity index (χ2v) is 8.42. The Balaban J connectivity index is 1.67. The number of pyridine rings is 3. The highest BCUT2D eigenvalue weighted by molar-refractivity contribution is 6.96. The highest BCUT2D eigenvalue weighted by atomic mass is 14.9. The molecule has 0 N–H and O–H groups in total. The minimum atomic E-state index is -0.619. The Hall–Kier alpha value is -4.05. The highest BCUT2D eigenvalue weighted by Crippen LogP contribution is 2.54. The zero-order valence-corrected chi connectivity index (χ0v) is 17.3. The van der Waals surface area contributed by atoms with E-state index in [4.69, 9.17) is 15.0 Å². The van der Waals surface area contributed by atoms with E-state index in [2.05, 4.69) is 72.8 Å². The van der Waals surface area contributed by atoms with Gasteiger partial charge in [-0.3, -0.25) is 15.0 Å². The van der Waals surface area contributed by atoms with Crippen molar-refractivity contribution >= 4 is 23.1 Å². The number of hydrogen-bond donors (Lipinski definition) is 0. The summed E-state index contributed by atoms with van der Waals surface area (Å²) in [6.07, 6.45) is 5.70. The fourth-order valence-electron chi connectivity index (χ4n) is 5.79. The number of fused-ring (bicyclic) bond motifs is 9. The zero-order valence-electron chi connectivity index (χ0n) is 17.3. The van der Waals surface area contributed by atoms with Gasteiger partial charge in [0.05, 0.1) is 17.1 Å². The Labute approximate surface area is 186 Å². The van der Waals surface area contributed by atoms with Crippen LogP contribution in [0, 0.1) is 0 Å². The lowest BCUT2D eigenvalue weighted by molar-refractivity contribution is 0.689. The molecule has 32 heavy (non-hydrogen) atoms. The Morgan fingerprint density at radius 2 is 1.06 bits per heavy atom. The van der Waals surface area contributed by atoms with Crippen molar-refractivity contribution in [3.8, 4) is 11.1 Å². The minimum absolute atomic E-state index is 0.0779. The second-order valence-electron chi connectivity index (χ2n) is 8.42. The molecule has 4 heterocycles. The first-order valence-electron chi connectivity index (χ1n) is 10.9. The van der Waals surface area contributed by atoms with Gasteiger partial charge in [-0.1, -0.05) is 78.3 Å². The normalized spacial score (nSPS) is 14.4. The predicted molar refractivity (Wildman–Crippen MR) is 128 cm³/mol. The van der Waals surface area contributed by atoms with Gasteiger partial charge in [0.1, 0.15) is 5.41 Å². The summed E-state index contributed by atoms with van der Waals surface area (Å²) in [5.74, 6) is 0. The standard InChI is InChI=1S/C28H18BN3/c1-2-9-19(10-3-1)29-23-14-7-17-31-26(23)28(27-24(29)15-8-18-32-27)22-13-5-4-11-20(22)21-12-6-16-30-25(21)28/h1-18H. The van der Waals surface area contributed by atoms with Gasteiger partial charge in [0.25, 0.3) is 0 Å². The molecule has 3 nitrogen and oxygen atoms in total. The van der Waals surface area contributed by atoms with Crippen LogP contribution in [-0.2, 0) is 5.41 Å².